The Morgan fingerprint density at radius 3 is 2.61 bits per heavy atom. The third-order valence-electron chi connectivity index (χ3n) is 4.00. The molecule has 1 heterocycles. The first-order chi connectivity index (χ1) is 8.74. The minimum absolute atomic E-state index is 0.0804. The summed E-state index contributed by atoms with van der Waals surface area (Å²) >= 11 is 0. The van der Waals surface area contributed by atoms with Crippen molar-refractivity contribution in [3.8, 4) is 0 Å². The Bertz CT molecular complexity index is 695. The van der Waals surface area contributed by atoms with Gasteiger partial charge in [0, 0.05) is 23.7 Å². The van der Waals surface area contributed by atoms with Gasteiger partial charge in [0.25, 0.3) is 0 Å². The second kappa shape index (κ2) is 3.44. The fraction of sp³-hybridized carbons (Fsp3) is 0.400. The van der Waals surface area contributed by atoms with Gasteiger partial charge in [0.1, 0.15) is 5.82 Å². The van der Waals surface area contributed by atoms with E-state index in [1.165, 1.54) is 6.07 Å². The van der Waals surface area contributed by atoms with Gasteiger partial charge < -0.3 is 4.57 Å². The van der Waals surface area contributed by atoms with E-state index < -0.39 is 0 Å². The molecule has 0 bridgehead atoms. The van der Waals surface area contributed by atoms with Crippen molar-refractivity contribution in [1.82, 2.24) is 4.57 Å². The number of pyridine rings is 1. The molecule has 0 unspecified atom stereocenters. The first-order valence-corrected chi connectivity index (χ1v) is 6.58. The third-order valence-corrected chi connectivity index (χ3v) is 4.00. The Morgan fingerprint density at radius 2 is 1.94 bits per heavy atom. The molecular weight excluding hydrogens is 229 g/mol. The van der Waals surface area contributed by atoms with E-state index in [4.69, 9.17) is 0 Å². The molecule has 2 aromatic rings. The summed E-state index contributed by atoms with van der Waals surface area (Å²) in [5.74, 6) is 0.160. The van der Waals surface area contributed by atoms with E-state index in [2.05, 4.69) is 4.57 Å². The Labute approximate surface area is 104 Å². The highest BCUT2D eigenvalue weighted by atomic mass is 19.1. The molecule has 0 N–H and O–H groups in total. The van der Waals surface area contributed by atoms with E-state index in [1.807, 2.05) is 12.3 Å². The molecule has 4 rings (SSSR count). The number of halogens is 1. The van der Waals surface area contributed by atoms with Gasteiger partial charge in [0.2, 0.25) is 0 Å². The van der Waals surface area contributed by atoms with Crippen LogP contribution in [-0.2, 0) is 0 Å². The maximum atomic E-state index is 14.0. The minimum atomic E-state index is -0.212. The van der Waals surface area contributed by atoms with Crippen LogP contribution in [0.1, 0.15) is 43.2 Å². The zero-order valence-electron chi connectivity index (χ0n) is 10.0. The highest BCUT2D eigenvalue weighted by Gasteiger charge is 2.29. The standard InChI is InChI=1S/C15H14FNO/c16-13-7-12-14(8-11(13)9-1-2-9)17(10-3-4-10)6-5-15(12)18/h5-10H,1-4H2. The lowest BCUT2D eigenvalue weighted by molar-refractivity contribution is 0.612. The van der Waals surface area contributed by atoms with E-state index in [9.17, 15) is 9.18 Å². The number of benzene rings is 1. The summed E-state index contributed by atoms with van der Waals surface area (Å²) in [5.41, 5.74) is 1.62. The van der Waals surface area contributed by atoms with Crippen LogP contribution in [0.5, 0.6) is 0 Å². The molecule has 1 aromatic heterocycles. The highest BCUT2D eigenvalue weighted by molar-refractivity contribution is 5.80. The maximum absolute atomic E-state index is 14.0. The van der Waals surface area contributed by atoms with Gasteiger partial charge in [0.15, 0.2) is 5.43 Å². The van der Waals surface area contributed by atoms with Crippen molar-refractivity contribution < 1.29 is 4.39 Å². The predicted octanol–water partition coefficient (Wildman–Crippen LogP) is 3.35. The number of nitrogens with zero attached hydrogens (tertiary/aromatic N) is 1. The summed E-state index contributed by atoms with van der Waals surface area (Å²) in [6.07, 6.45) is 6.32. The van der Waals surface area contributed by atoms with E-state index >= 15 is 0 Å². The average Bonchev–Trinajstić information content (AvgIpc) is 3.23. The van der Waals surface area contributed by atoms with E-state index in [-0.39, 0.29) is 11.2 Å². The zero-order chi connectivity index (χ0) is 12.3. The van der Waals surface area contributed by atoms with Gasteiger partial charge >= 0.3 is 0 Å². The van der Waals surface area contributed by atoms with E-state index in [0.717, 1.165) is 36.8 Å². The van der Waals surface area contributed by atoms with Crippen molar-refractivity contribution in [3.63, 3.8) is 0 Å². The third kappa shape index (κ3) is 1.50. The number of hydrogen-bond donors (Lipinski definition) is 0. The van der Waals surface area contributed by atoms with Crippen LogP contribution in [0.3, 0.4) is 0 Å². The van der Waals surface area contributed by atoms with Crippen LogP contribution >= 0.6 is 0 Å². The fourth-order valence-corrected chi connectivity index (χ4v) is 2.69. The van der Waals surface area contributed by atoms with Crippen molar-refractivity contribution in [2.24, 2.45) is 0 Å². The summed E-state index contributed by atoms with van der Waals surface area (Å²) in [5, 5.41) is 0.520. The summed E-state index contributed by atoms with van der Waals surface area (Å²) in [4.78, 5) is 11.8. The lowest BCUT2D eigenvalue weighted by Gasteiger charge is -2.11. The van der Waals surface area contributed by atoms with Gasteiger partial charge in [-0.25, -0.2) is 4.39 Å². The molecule has 3 heteroatoms. The molecule has 2 aliphatic carbocycles. The number of rotatable bonds is 2. The minimum Gasteiger partial charge on any atom is -0.344 e. The Kier molecular flexibility index (Phi) is 1.97. The lowest BCUT2D eigenvalue weighted by Crippen LogP contribution is -2.08. The molecular formula is C15H14FNO. The van der Waals surface area contributed by atoms with Gasteiger partial charge in [-0.15, -0.1) is 0 Å². The second-order valence-corrected chi connectivity index (χ2v) is 5.48. The first-order valence-electron chi connectivity index (χ1n) is 6.58. The fourth-order valence-electron chi connectivity index (χ4n) is 2.69. The van der Waals surface area contributed by atoms with Crippen molar-refractivity contribution in [2.75, 3.05) is 0 Å². The normalized spacial score (nSPS) is 19.4. The van der Waals surface area contributed by atoms with Crippen molar-refractivity contribution >= 4 is 10.9 Å². The van der Waals surface area contributed by atoms with Gasteiger partial charge in [-0.05, 0) is 49.3 Å². The molecule has 2 aliphatic rings. The van der Waals surface area contributed by atoms with Gasteiger partial charge in [-0.3, -0.25) is 4.79 Å². The number of hydrogen-bond acceptors (Lipinski definition) is 1. The van der Waals surface area contributed by atoms with Crippen LogP contribution in [0.4, 0.5) is 4.39 Å². The Balaban J connectivity index is 2.04. The molecule has 0 spiro atoms. The van der Waals surface area contributed by atoms with Crippen molar-refractivity contribution in [2.45, 2.75) is 37.6 Å². The summed E-state index contributed by atoms with van der Waals surface area (Å²) < 4.78 is 16.1. The smallest absolute Gasteiger partial charge is 0.189 e. The van der Waals surface area contributed by atoms with Crippen LogP contribution in [0.15, 0.2) is 29.2 Å². The molecule has 0 aliphatic heterocycles. The van der Waals surface area contributed by atoms with Crippen LogP contribution in [0, 0.1) is 5.82 Å². The highest BCUT2D eigenvalue weighted by Crippen LogP contribution is 2.43. The average molecular weight is 243 g/mol. The molecule has 0 radical (unpaired) electrons. The molecule has 0 atom stereocenters. The van der Waals surface area contributed by atoms with Crippen LogP contribution in [0.2, 0.25) is 0 Å². The van der Waals surface area contributed by atoms with Crippen LogP contribution < -0.4 is 5.43 Å². The maximum Gasteiger partial charge on any atom is 0.189 e. The molecule has 18 heavy (non-hydrogen) atoms. The van der Waals surface area contributed by atoms with Gasteiger partial charge in [0.05, 0.1) is 5.52 Å². The lowest BCUT2D eigenvalue weighted by atomic mass is 10.1. The van der Waals surface area contributed by atoms with Crippen LogP contribution in [0.25, 0.3) is 10.9 Å². The predicted molar refractivity (Wildman–Crippen MR) is 68.4 cm³/mol. The molecule has 2 nitrogen and oxygen atoms in total. The molecule has 2 saturated carbocycles. The quantitative estimate of drug-likeness (QED) is 0.792. The van der Waals surface area contributed by atoms with E-state index in [1.54, 1.807) is 6.07 Å². The van der Waals surface area contributed by atoms with Gasteiger partial charge in [-0.2, -0.15) is 0 Å². The Hall–Kier alpha value is -1.64. The summed E-state index contributed by atoms with van der Waals surface area (Å²) in [7, 11) is 0. The topological polar surface area (TPSA) is 22.0 Å². The SMILES string of the molecule is O=c1ccn(C2CC2)c2cc(C3CC3)c(F)cc12. The second-order valence-electron chi connectivity index (χ2n) is 5.48. The largest absolute Gasteiger partial charge is 0.344 e. The number of fused-ring (bicyclic) bond motifs is 1. The van der Waals surface area contributed by atoms with Crippen LogP contribution in [-0.4, -0.2) is 4.57 Å². The summed E-state index contributed by atoms with van der Waals surface area (Å²) in [6, 6.07) is 5.40. The zero-order valence-corrected chi connectivity index (χ0v) is 10.0. The molecule has 2 fully saturated rings. The Morgan fingerprint density at radius 1 is 1.17 bits per heavy atom. The molecule has 1 aromatic carbocycles. The van der Waals surface area contributed by atoms with Gasteiger partial charge in [-0.1, -0.05) is 0 Å². The van der Waals surface area contributed by atoms with Crippen molar-refractivity contribution in [3.05, 3.63) is 46.0 Å². The summed E-state index contributed by atoms with van der Waals surface area (Å²) in [6.45, 7) is 0. The van der Waals surface area contributed by atoms with Crippen molar-refractivity contribution in [1.29, 1.82) is 0 Å². The van der Waals surface area contributed by atoms with E-state index in [0.29, 0.717) is 17.3 Å². The molecule has 92 valence electrons. The molecule has 0 saturated heterocycles. The monoisotopic (exact) mass is 243 g/mol. The number of aromatic nitrogens is 1. The molecule has 0 amide bonds. The first kappa shape index (κ1) is 10.3.